The third-order valence-electron chi connectivity index (χ3n) is 5.60. The van der Waals surface area contributed by atoms with Gasteiger partial charge in [-0.2, -0.15) is 0 Å². The summed E-state index contributed by atoms with van der Waals surface area (Å²) in [5.74, 6) is 0.601. The first-order valence-electron chi connectivity index (χ1n) is 10.1. The molecule has 5 rings (SSSR count). The second-order valence-corrected chi connectivity index (χ2v) is 8.07. The highest BCUT2D eigenvalue weighted by Gasteiger charge is 2.21. The molecule has 1 fully saturated rings. The largest absolute Gasteiger partial charge is 0.399 e. The number of rotatable bonds is 4. The monoisotopic (exact) mass is 418 g/mol. The number of aromatic nitrogens is 3. The van der Waals surface area contributed by atoms with Crippen LogP contribution >= 0.6 is 11.6 Å². The molecule has 0 radical (unpaired) electrons. The Labute approximate surface area is 180 Å². The molecule has 1 aliphatic rings. The molecule has 152 valence electrons. The van der Waals surface area contributed by atoms with E-state index in [9.17, 15) is 0 Å². The van der Waals surface area contributed by atoms with E-state index in [2.05, 4.69) is 38.4 Å². The molecule has 7 heteroatoms. The van der Waals surface area contributed by atoms with Crippen molar-refractivity contribution in [3.63, 3.8) is 0 Å². The van der Waals surface area contributed by atoms with Crippen molar-refractivity contribution in [2.24, 2.45) is 0 Å². The number of hydrogen-bond donors (Lipinski definition) is 3. The Bertz CT molecular complexity index is 1170. The fourth-order valence-corrected chi connectivity index (χ4v) is 4.28. The number of nitrogen functional groups attached to an aromatic ring is 1. The Kier molecular flexibility index (Phi) is 4.93. The van der Waals surface area contributed by atoms with Gasteiger partial charge in [-0.1, -0.05) is 29.8 Å². The maximum Gasteiger partial charge on any atom is 0.223 e. The summed E-state index contributed by atoms with van der Waals surface area (Å²) in [6.45, 7) is 1.92. The lowest BCUT2D eigenvalue weighted by Gasteiger charge is -2.34. The van der Waals surface area contributed by atoms with Crippen LogP contribution in [0.4, 0.5) is 17.3 Å². The zero-order chi connectivity index (χ0) is 20.5. The lowest BCUT2D eigenvalue weighted by atomic mass is 10.0. The van der Waals surface area contributed by atoms with Gasteiger partial charge in [-0.15, -0.1) is 0 Å². The average Bonchev–Trinajstić information content (AvgIpc) is 3.20. The van der Waals surface area contributed by atoms with Crippen LogP contribution in [0.15, 0.2) is 60.9 Å². The van der Waals surface area contributed by atoms with Crippen molar-refractivity contribution in [1.82, 2.24) is 15.0 Å². The highest BCUT2D eigenvalue weighted by molar-refractivity contribution is 6.33. The van der Waals surface area contributed by atoms with E-state index in [-0.39, 0.29) is 6.04 Å². The molecule has 6 nitrogen and oxygen atoms in total. The van der Waals surface area contributed by atoms with Crippen molar-refractivity contribution >= 4 is 39.8 Å². The highest BCUT2D eigenvalue weighted by Crippen LogP contribution is 2.32. The number of nitrogens with two attached hydrogens (primary N) is 1. The predicted octanol–water partition coefficient (Wildman–Crippen LogP) is 4.94. The number of fused-ring (bicyclic) bond motifs is 1. The van der Waals surface area contributed by atoms with Gasteiger partial charge in [0.2, 0.25) is 5.95 Å². The van der Waals surface area contributed by atoms with Gasteiger partial charge in [-0.25, -0.2) is 9.97 Å². The number of nitrogens with zero attached hydrogens (tertiary/aromatic N) is 3. The number of benzene rings is 2. The van der Waals surface area contributed by atoms with E-state index >= 15 is 0 Å². The van der Waals surface area contributed by atoms with E-state index in [0.29, 0.717) is 11.0 Å². The Morgan fingerprint density at radius 2 is 1.97 bits per heavy atom. The molecule has 30 heavy (non-hydrogen) atoms. The maximum absolute atomic E-state index is 6.46. The van der Waals surface area contributed by atoms with Crippen LogP contribution < -0.4 is 16.0 Å². The van der Waals surface area contributed by atoms with E-state index in [1.165, 1.54) is 5.69 Å². The highest BCUT2D eigenvalue weighted by atomic mass is 35.5. The fraction of sp³-hybridized carbons (Fsp3) is 0.217. The zero-order valence-electron chi connectivity index (χ0n) is 16.5. The van der Waals surface area contributed by atoms with Gasteiger partial charge in [-0.3, -0.25) is 0 Å². The SMILES string of the molecule is Nc1ccc(N2CCCC(Nc3ncc(Cl)c(-c4c[nH]c5ccccc45)n3)C2)cc1. The summed E-state index contributed by atoms with van der Waals surface area (Å²) in [6.07, 6.45) is 5.80. The van der Waals surface area contributed by atoms with Crippen LogP contribution in [-0.2, 0) is 0 Å². The first kappa shape index (κ1) is 18.8. The summed E-state index contributed by atoms with van der Waals surface area (Å²) < 4.78 is 0. The molecule has 1 atom stereocenters. The Balaban J connectivity index is 1.37. The third-order valence-corrected chi connectivity index (χ3v) is 5.88. The molecule has 0 aliphatic carbocycles. The van der Waals surface area contributed by atoms with E-state index in [0.717, 1.165) is 53.8 Å². The number of piperidine rings is 1. The molecule has 1 aliphatic heterocycles. The number of halogens is 1. The lowest BCUT2D eigenvalue weighted by Crippen LogP contribution is -2.42. The van der Waals surface area contributed by atoms with Crippen LogP contribution in [0.2, 0.25) is 5.02 Å². The predicted molar refractivity (Wildman–Crippen MR) is 124 cm³/mol. The number of nitrogens with one attached hydrogen (secondary N) is 2. The van der Waals surface area contributed by atoms with E-state index in [1.807, 2.05) is 36.5 Å². The maximum atomic E-state index is 6.46. The Morgan fingerprint density at radius 1 is 1.13 bits per heavy atom. The van der Waals surface area contributed by atoms with Crippen molar-refractivity contribution in [2.75, 3.05) is 29.0 Å². The van der Waals surface area contributed by atoms with Crippen LogP contribution in [0.1, 0.15) is 12.8 Å². The number of anilines is 3. The molecule has 1 saturated heterocycles. The smallest absolute Gasteiger partial charge is 0.223 e. The van der Waals surface area contributed by atoms with Gasteiger partial charge in [0.15, 0.2) is 0 Å². The van der Waals surface area contributed by atoms with Crippen molar-refractivity contribution < 1.29 is 0 Å². The van der Waals surface area contributed by atoms with Gasteiger partial charge < -0.3 is 20.9 Å². The minimum absolute atomic E-state index is 0.258. The molecule has 4 aromatic rings. The summed E-state index contributed by atoms with van der Waals surface area (Å²) in [5.41, 5.74) is 10.6. The average molecular weight is 419 g/mol. The van der Waals surface area contributed by atoms with Crippen LogP contribution in [0.25, 0.3) is 22.2 Å². The second-order valence-electron chi connectivity index (χ2n) is 7.66. The first-order valence-corrected chi connectivity index (χ1v) is 10.5. The molecule has 3 heterocycles. The number of aromatic amines is 1. The molecule has 2 aromatic heterocycles. The molecular formula is C23H23ClN6. The summed E-state index contributed by atoms with van der Waals surface area (Å²) >= 11 is 6.46. The third kappa shape index (κ3) is 3.66. The van der Waals surface area contributed by atoms with Crippen LogP contribution in [0.3, 0.4) is 0 Å². The van der Waals surface area contributed by atoms with Crippen molar-refractivity contribution in [2.45, 2.75) is 18.9 Å². The van der Waals surface area contributed by atoms with Gasteiger partial charge in [0, 0.05) is 53.2 Å². The number of hydrogen-bond acceptors (Lipinski definition) is 5. The standard InChI is InChI=1S/C23H23ClN6/c24-20-13-27-23(29-22(20)19-12-26-21-6-2-1-5-18(19)21)28-16-4-3-11-30(14-16)17-9-7-15(25)8-10-17/h1-2,5-10,12-13,16,26H,3-4,11,14,25H2,(H,27,28,29). The van der Waals surface area contributed by atoms with E-state index < -0.39 is 0 Å². The van der Waals surface area contributed by atoms with Gasteiger partial charge in [0.1, 0.15) is 0 Å². The summed E-state index contributed by atoms with van der Waals surface area (Å²) in [7, 11) is 0. The van der Waals surface area contributed by atoms with Crippen LogP contribution in [0.5, 0.6) is 0 Å². The normalized spacial score (nSPS) is 16.7. The molecule has 1 unspecified atom stereocenters. The minimum atomic E-state index is 0.258. The molecule has 0 saturated carbocycles. The minimum Gasteiger partial charge on any atom is -0.399 e. The topological polar surface area (TPSA) is 82.9 Å². The van der Waals surface area contributed by atoms with Crippen LogP contribution in [0, 0.1) is 0 Å². The molecule has 2 aromatic carbocycles. The lowest BCUT2D eigenvalue weighted by molar-refractivity contribution is 0.527. The number of H-pyrrole nitrogens is 1. The fourth-order valence-electron chi connectivity index (χ4n) is 4.09. The molecule has 4 N–H and O–H groups in total. The molecular weight excluding hydrogens is 396 g/mol. The summed E-state index contributed by atoms with van der Waals surface area (Å²) in [5, 5.41) is 5.15. The molecule has 0 spiro atoms. The summed E-state index contributed by atoms with van der Waals surface area (Å²) in [6, 6.07) is 16.4. The summed E-state index contributed by atoms with van der Waals surface area (Å²) in [4.78, 5) is 14.9. The van der Waals surface area contributed by atoms with Crippen molar-refractivity contribution in [3.05, 3.63) is 65.9 Å². The molecule has 0 bridgehead atoms. The number of para-hydroxylation sites is 1. The van der Waals surface area contributed by atoms with Crippen LogP contribution in [-0.4, -0.2) is 34.1 Å². The zero-order valence-corrected chi connectivity index (χ0v) is 17.2. The van der Waals surface area contributed by atoms with Crippen molar-refractivity contribution in [3.8, 4) is 11.3 Å². The van der Waals surface area contributed by atoms with E-state index in [4.69, 9.17) is 22.3 Å². The van der Waals surface area contributed by atoms with Crippen molar-refractivity contribution in [1.29, 1.82) is 0 Å². The molecule has 0 amide bonds. The van der Waals surface area contributed by atoms with Gasteiger partial charge in [0.05, 0.1) is 16.9 Å². The second kappa shape index (κ2) is 7.88. The van der Waals surface area contributed by atoms with E-state index in [1.54, 1.807) is 6.20 Å². The Hall–Kier alpha value is -3.25. The van der Waals surface area contributed by atoms with Gasteiger partial charge >= 0.3 is 0 Å². The van der Waals surface area contributed by atoms with Gasteiger partial charge in [-0.05, 0) is 43.2 Å². The quantitative estimate of drug-likeness (QED) is 0.409. The first-order chi connectivity index (χ1) is 14.7. The van der Waals surface area contributed by atoms with Gasteiger partial charge in [0.25, 0.3) is 0 Å². The Morgan fingerprint density at radius 3 is 2.83 bits per heavy atom.